The normalized spacial score (nSPS) is 12.4. The summed E-state index contributed by atoms with van der Waals surface area (Å²) in [5.74, 6) is 5.09. The number of hydrogen-bond donors (Lipinski definition) is 2. The van der Waals surface area contributed by atoms with Gasteiger partial charge in [0.15, 0.2) is 0 Å². The van der Waals surface area contributed by atoms with E-state index < -0.39 is 5.82 Å². The molecule has 2 aromatic rings. The molecule has 0 spiro atoms. The Morgan fingerprint density at radius 2 is 2.05 bits per heavy atom. The number of nitrogens with zero attached hydrogens (tertiary/aromatic N) is 1. The highest BCUT2D eigenvalue weighted by atomic mass is 35.5. The second-order valence-corrected chi connectivity index (χ2v) is 4.88. The predicted octanol–water partition coefficient (Wildman–Crippen LogP) is 3.27. The molecule has 0 aliphatic heterocycles. The van der Waals surface area contributed by atoms with E-state index in [2.05, 4.69) is 10.4 Å². The molecule has 1 aromatic heterocycles. The summed E-state index contributed by atoms with van der Waals surface area (Å²) in [6.45, 7) is 0. The third-order valence-corrected chi connectivity index (χ3v) is 3.46. The van der Waals surface area contributed by atoms with Crippen LogP contribution in [-0.2, 0) is 6.42 Å². The van der Waals surface area contributed by atoms with Crippen molar-refractivity contribution in [1.82, 2.24) is 10.4 Å². The largest absolute Gasteiger partial charge is 0.271 e. The Balaban J connectivity index is 2.25. The Bertz CT molecular complexity index is 578. The van der Waals surface area contributed by atoms with Gasteiger partial charge in [0.25, 0.3) is 0 Å². The van der Waals surface area contributed by atoms with Crippen LogP contribution in [0.15, 0.2) is 36.7 Å². The van der Waals surface area contributed by atoms with Crippen LogP contribution in [0.2, 0.25) is 10.0 Å². The van der Waals surface area contributed by atoms with Crippen molar-refractivity contribution in [2.45, 2.75) is 12.5 Å². The molecule has 2 rings (SSSR count). The molecule has 100 valence electrons. The molecule has 1 atom stereocenters. The van der Waals surface area contributed by atoms with Crippen molar-refractivity contribution >= 4 is 23.2 Å². The van der Waals surface area contributed by atoms with Gasteiger partial charge in [-0.05, 0) is 35.7 Å². The van der Waals surface area contributed by atoms with Crippen LogP contribution in [0.3, 0.4) is 0 Å². The van der Waals surface area contributed by atoms with Crippen LogP contribution in [0, 0.1) is 5.82 Å². The summed E-state index contributed by atoms with van der Waals surface area (Å²) in [6, 6.07) is 6.11. The summed E-state index contributed by atoms with van der Waals surface area (Å²) in [7, 11) is 0. The monoisotopic (exact) mass is 299 g/mol. The lowest BCUT2D eigenvalue weighted by Gasteiger charge is -2.17. The lowest BCUT2D eigenvalue weighted by atomic mass is 10.00. The zero-order valence-electron chi connectivity index (χ0n) is 9.91. The Morgan fingerprint density at radius 3 is 2.68 bits per heavy atom. The van der Waals surface area contributed by atoms with Gasteiger partial charge in [0, 0.05) is 12.4 Å². The summed E-state index contributed by atoms with van der Waals surface area (Å²) in [5.41, 5.74) is 4.38. The van der Waals surface area contributed by atoms with Crippen molar-refractivity contribution in [3.63, 3.8) is 0 Å². The fraction of sp³-hybridized carbons (Fsp3) is 0.154. The van der Waals surface area contributed by atoms with Crippen molar-refractivity contribution in [3.8, 4) is 0 Å². The molecule has 1 heterocycles. The second kappa shape index (κ2) is 6.30. The predicted molar refractivity (Wildman–Crippen MR) is 74.4 cm³/mol. The van der Waals surface area contributed by atoms with Crippen LogP contribution in [-0.4, -0.2) is 4.98 Å². The van der Waals surface area contributed by atoms with E-state index in [1.54, 1.807) is 24.5 Å². The standard InChI is InChI=1S/C13H12Cl2FN3/c14-10-5-9(1-2-12(10)16)13(19-17)6-8-3-4-18-7-11(8)15/h1-5,7,13,19H,6,17H2. The maximum atomic E-state index is 13.1. The minimum atomic E-state index is -0.455. The summed E-state index contributed by atoms with van der Waals surface area (Å²) >= 11 is 11.8. The highest BCUT2D eigenvalue weighted by Gasteiger charge is 2.14. The molecule has 3 nitrogen and oxygen atoms in total. The van der Waals surface area contributed by atoms with Crippen molar-refractivity contribution < 1.29 is 4.39 Å². The van der Waals surface area contributed by atoms with Crippen molar-refractivity contribution in [3.05, 3.63) is 63.6 Å². The summed E-state index contributed by atoms with van der Waals surface area (Å²) < 4.78 is 13.1. The molecule has 19 heavy (non-hydrogen) atoms. The highest BCUT2D eigenvalue weighted by molar-refractivity contribution is 6.31. The van der Waals surface area contributed by atoms with Crippen LogP contribution in [0.5, 0.6) is 0 Å². The van der Waals surface area contributed by atoms with E-state index in [0.717, 1.165) is 11.1 Å². The first-order valence-corrected chi connectivity index (χ1v) is 6.37. The molecule has 0 saturated carbocycles. The molecule has 1 aromatic carbocycles. The number of hydrazine groups is 1. The SMILES string of the molecule is NNC(Cc1ccncc1Cl)c1ccc(F)c(Cl)c1. The number of benzene rings is 1. The second-order valence-electron chi connectivity index (χ2n) is 4.06. The Kier molecular flexibility index (Phi) is 4.71. The first kappa shape index (κ1) is 14.2. The van der Waals surface area contributed by atoms with Crippen LogP contribution < -0.4 is 11.3 Å². The van der Waals surface area contributed by atoms with Gasteiger partial charge in [-0.25, -0.2) is 4.39 Å². The van der Waals surface area contributed by atoms with E-state index in [4.69, 9.17) is 29.0 Å². The Hall–Kier alpha value is -1.20. The number of nitrogens with one attached hydrogen (secondary N) is 1. The van der Waals surface area contributed by atoms with Gasteiger partial charge in [-0.15, -0.1) is 0 Å². The highest BCUT2D eigenvalue weighted by Crippen LogP contribution is 2.25. The molecule has 0 fully saturated rings. The average molecular weight is 300 g/mol. The number of nitrogens with two attached hydrogens (primary N) is 1. The molecule has 0 bridgehead atoms. The zero-order valence-corrected chi connectivity index (χ0v) is 11.4. The fourth-order valence-corrected chi connectivity index (χ4v) is 2.18. The zero-order chi connectivity index (χ0) is 13.8. The number of hydrogen-bond acceptors (Lipinski definition) is 3. The maximum absolute atomic E-state index is 13.1. The number of aromatic nitrogens is 1. The quantitative estimate of drug-likeness (QED) is 0.673. The molecule has 3 N–H and O–H groups in total. The lowest BCUT2D eigenvalue weighted by molar-refractivity contribution is 0.549. The molecule has 0 aliphatic carbocycles. The van der Waals surface area contributed by atoms with Gasteiger partial charge in [-0.3, -0.25) is 16.3 Å². The van der Waals surface area contributed by atoms with Crippen LogP contribution in [0.4, 0.5) is 4.39 Å². The topological polar surface area (TPSA) is 50.9 Å². The first-order chi connectivity index (χ1) is 9.11. The molecule has 0 amide bonds. The number of pyridine rings is 1. The molecule has 0 radical (unpaired) electrons. The lowest BCUT2D eigenvalue weighted by Crippen LogP contribution is -2.29. The minimum absolute atomic E-state index is 0.0681. The smallest absolute Gasteiger partial charge is 0.141 e. The third-order valence-electron chi connectivity index (χ3n) is 2.83. The molecular weight excluding hydrogens is 288 g/mol. The Labute approximate surface area is 120 Å². The third kappa shape index (κ3) is 3.42. The fourth-order valence-electron chi connectivity index (χ4n) is 1.79. The van der Waals surface area contributed by atoms with Crippen molar-refractivity contribution in [2.24, 2.45) is 5.84 Å². The van der Waals surface area contributed by atoms with Gasteiger partial charge in [-0.1, -0.05) is 29.3 Å². The van der Waals surface area contributed by atoms with Gasteiger partial charge < -0.3 is 0 Å². The van der Waals surface area contributed by atoms with E-state index in [1.807, 2.05) is 6.07 Å². The number of halogens is 3. The molecule has 0 saturated heterocycles. The molecular formula is C13H12Cl2FN3. The average Bonchev–Trinajstić information content (AvgIpc) is 2.41. The summed E-state index contributed by atoms with van der Waals surface area (Å²) in [6.07, 6.45) is 3.79. The minimum Gasteiger partial charge on any atom is -0.271 e. The first-order valence-electron chi connectivity index (χ1n) is 5.61. The van der Waals surface area contributed by atoms with Crippen LogP contribution in [0.1, 0.15) is 17.2 Å². The number of rotatable bonds is 4. The molecule has 6 heteroatoms. The van der Waals surface area contributed by atoms with E-state index in [0.29, 0.717) is 11.4 Å². The van der Waals surface area contributed by atoms with E-state index >= 15 is 0 Å². The van der Waals surface area contributed by atoms with E-state index in [9.17, 15) is 4.39 Å². The van der Waals surface area contributed by atoms with Crippen LogP contribution >= 0.6 is 23.2 Å². The summed E-state index contributed by atoms with van der Waals surface area (Å²) in [5, 5.41) is 0.634. The molecule has 1 unspecified atom stereocenters. The van der Waals surface area contributed by atoms with Gasteiger partial charge in [0.05, 0.1) is 16.1 Å². The van der Waals surface area contributed by atoms with Crippen molar-refractivity contribution in [1.29, 1.82) is 0 Å². The van der Waals surface area contributed by atoms with Crippen molar-refractivity contribution in [2.75, 3.05) is 0 Å². The van der Waals surface area contributed by atoms with Gasteiger partial charge >= 0.3 is 0 Å². The van der Waals surface area contributed by atoms with Gasteiger partial charge in [0.1, 0.15) is 5.82 Å². The van der Waals surface area contributed by atoms with E-state index in [1.165, 1.54) is 6.07 Å². The van der Waals surface area contributed by atoms with E-state index in [-0.39, 0.29) is 11.1 Å². The Morgan fingerprint density at radius 1 is 1.26 bits per heavy atom. The summed E-state index contributed by atoms with van der Waals surface area (Å²) in [4.78, 5) is 3.92. The van der Waals surface area contributed by atoms with Gasteiger partial charge in [-0.2, -0.15) is 0 Å². The van der Waals surface area contributed by atoms with Gasteiger partial charge in [0.2, 0.25) is 0 Å². The molecule has 0 aliphatic rings. The van der Waals surface area contributed by atoms with Crippen LogP contribution in [0.25, 0.3) is 0 Å². The maximum Gasteiger partial charge on any atom is 0.141 e.